The van der Waals surface area contributed by atoms with Crippen LogP contribution in [0.5, 0.6) is 0 Å². The molecule has 0 aliphatic rings. The van der Waals surface area contributed by atoms with Crippen molar-refractivity contribution in [3.05, 3.63) is 33.7 Å². The molecule has 1 aromatic carbocycles. The Morgan fingerprint density at radius 1 is 1.00 bits per heavy atom. The van der Waals surface area contributed by atoms with Gasteiger partial charge in [-0.05, 0) is 0 Å². The maximum atomic E-state index is 13.5. The molecule has 0 aromatic heterocycles. The van der Waals surface area contributed by atoms with Crippen LogP contribution >= 0.6 is 0 Å². The van der Waals surface area contributed by atoms with Gasteiger partial charge >= 0.3 is 85.2 Å². The fourth-order valence-corrected chi connectivity index (χ4v) is 4.55. The van der Waals surface area contributed by atoms with E-state index in [1.54, 1.807) is 0 Å². The van der Waals surface area contributed by atoms with Crippen LogP contribution in [0.1, 0.15) is 13.8 Å². The van der Waals surface area contributed by atoms with E-state index in [9.17, 15) is 15.8 Å². The molecule has 0 aliphatic heterocycles. The number of alkyl halides is 1. The van der Waals surface area contributed by atoms with Gasteiger partial charge in [-0.15, -0.1) is 0 Å². The Morgan fingerprint density at radius 2 is 1.47 bits per heavy atom. The molecule has 0 fully saturated rings. The van der Waals surface area contributed by atoms with E-state index in [4.69, 9.17) is 0 Å². The molecule has 6 heteroatoms. The maximum absolute atomic E-state index is 13.5. The van der Waals surface area contributed by atoms with Crippen molar-refractivity contribution in [1.29, 1.82) is 0 Å². The van der Waals surface area contributed by atoms with E-state index in [1.165, 1.54) is 0 Å². The van der Waals surface area contributed by atoms with Gasteiger partial charge in [-0.25, -0.2) is 0 Å². The van der Waals surface area contributed by atoms with Gasteiger partial charge in [0.25, 0.3) is 0 Å². The van der Waals surface area contributed by atoms with Crippen LogP contribution in [-0.2, 0) is 0 Å². The number of rotatable bonds is 2. The van der Waals surface area contributed by atoms with Gasteiger partial charge in [0.15, 0.2) is 0 Å². The summed E-state index contributed by atoms with van der Waals surface area (Å²) in [5.41, 5.74) is 0. The van der Waals surface area contributed by atoms with E-state index >= 15 is 0 Å². The van der Waals surface area contributed by atoms with E-state index in [0.717, 1.165) is 26.0 Å². The molecule has 0 radical (unpaired) electrons. The number of benzene rings is 1. The summed E-state index contributed by atoms with van der Waals surface area (Å²) < 4.78 is 63.3. The zero-order valence-corrected chi connectivity index (χ0v) is 10.3. The quantitative estimate of drug-likeness (QED) is 0.431. The third-order valence-electron chi connectivity index (χ3n) is 2.13. The van der Waals surface area contributed by atoms with Crippen molar-refractivity contribution in [3.8, 4) is 0 Å². The van der Waals surface area contributed by atoms with E-state index in [1.807, 2.05) is 0 Å². The predicted octanol–water partition coefficient (Wildman–Crippen LogP) is 1.17. The molecule has 0 amide bonds. The van der Waals surface area contributed by atoms with E-state index < -0.39 is 31.3 Å². The Hall–Kier alpha value is -0.400. The molecular formula is C9H11F5I+. The Labute approximate surface area is 85.4 Å². The summed E-state index contributed by atoms with van der Waals surface area (Å²) in [6, 6.07) is 3.18. The van der Waals surface area contributed by atoms with Crippen LogP contribution in [-0.4, -0.2) is 3.92 Å². The van der Waals surface area contributed by atoms with E-state index in [-0.39, 0.29) is 0 Å². The summed E-state index contributed by atoms with van der Waals surface area (Å²) in [6.45, 7) is 1.43. The molecule has 1 aromatic rings. The van der Waals surface area contributed by atoms with Crippen LogP contribution in [0.4, 0.5) is 15.8 Å². The molecule has 0 N–H and O–H groups in total. The van der Waals surface area contributed by atoms with Gasteiger partial charge in [-0.3, -0.25) is 0 Å². The fraction of sp³-hybridized carbons (Fsp3) is 0.333. The summed E-state index contributed by atoms with van der Waals surface area (Å²) >= 11 is -9.31. The average molecular weight is 341 g/mol. The van der Waals surface area contributed by atoms with Crippen LogP contribution in [0.2, 0.25) is 0 Å². The summed E-state index contributed by atoms with van der Waals surface area (Å²) in [6.07, 6.45) is 0. The van der Waals surface area contributed by atoms with Gasteiger partial charge in [-0.2, -0.15) is 0 Å². The van der Waals surface area contributed by atoms with Crippen molar-refractivity contribution in [2.45, 2.75) is 17.8 Å². The second-order valence-corrected chi connectivity index (χ2v) is 13.1. The third kappa shape index (κ3) is 1.95. The SMILES string of the molecule is CC(C)[I+](F)(F)(F)(F)c1ccccc1F. The minimum atomic E-state index is -9.31. The van der Waals surface area contributed by atoms with Gasteiger partial charge in [0.05, 0.1) is 0 Å². The number of halogens is 6. The van der Waals surface area contributed by atoms with Gasteiger partial charge in [-0.1, -0.05) is 0 Å². The Morgan fingerprint density at radius 3 is 1.87 bits per heavy atom. The van der Waals surface area contributed by atoms with E-state index in [0.29, 0.717) is 12.1 Å². The van der Waals surface area contributed by atoms with Gasteiger partial charge in [0.1, 0.15) is 0 Å². The minimum absolute atomic E-state index is 0.470. The zero-order valence-electron chi connectivity index (χ0n) is 8.15. The normalized spacial score (nSPS) is 17.3. The van der Waals surface area contributed by atoms with Gasteiger partial charge in [0.2, 0.25) is 0 Å². The number of hydrogen-bond donors (Lipinski definition) is 0. The summed E-state index contributed by atoms with van der Waals surface area (Å²) in [4.78, 5) is 0. The molecule has 0 spiro atoms. The second-order valence-electron chi connectivity index (χ2n) is 3.48. The molecule has 1 rings (SSSR count). The molecule has 0 saturated carbocycles. The third-order valence-corrected chi connectivity index (χ3v) is 10.4. The van der Waals surface area contributed by atoms with E-state index in [2.05, 4.69) is 0 Å². The van der Waals surface area contributed by atoms with Crippen molar-refractivity contribution < 1.29 is 33.8 Å². The molecule has 0 unspecified atom stereocenters. The molecule has 0 saturated heterocycles. The molecule has 15 heavy (non-hydrogen) atoms. The summed E-state index contributed by atoms with van der Waals surface area (Å²) in [5, 5.41) is 0. The van der Waals surface area contributed by atoms with Crippen molar-refractivity contribution in [2.24, 2.45) is 0 Å². The molecule has 0 bridgehead atoms. The average Bonchev–Trinajstić information content (AvgIpc) is 2.02. The molecule has 88 valence electrons. The zero-order chi connectivity index (χ0) is 12.0. The molecule has 0 heterocycles. The van der Waals surface area contributed by atoms with Crippen molar-refractivity contribution in [1.82, 2.24) is 0 Å². The Balaban J connectivity index is 3.60. The molecular weight excluding hydrogens is 330 g/mol. The van der Waals surface area contributed by atoms with Gasteiger partial charge < -0.3 is 0 Å². The standard InChI is InChI=1S/C9H11F5I/c1-7(2)15(11,12,13,14)9-6-4-3-5-8(9)10/h3-7H,1-2H3/q+1. The van der Waals surface area contributed by atoms with Crippen LogP contribution < -0.4 is 18.0 Å². The molecule has 0 aliphatic carbocycles. The van der Waals surface area contributed by atoms with Crippen LogP contribution in [0, 0.1) is 9.39 Å². The Bertz CT molecular complexity index is 391. The second kappa shape index (κ2) is 2.83. The first-order valence-electron chi connectivity index (χ1n) is 4.15. The summed E-state index contributed by atoms with van der Waals surface area (Å²) in [7, 11) is 0. The number of hydrogen-bond acceptors (Lipinski definition) is 0. The monoisotopic (exact) mass is 341 g/mol. The van der Waals surface area contributed by atoms with Crippen LogP contribution in [0.25, 0.3) is 0 Å². The molecule has 0 nitrogen and oxygen atoms in total. The summed E-state index contributed by atoms with van der Waals surface area (Å²) in [5.74, 6) is -1.54. The first-order chi connectivity index (χ1) is 6.49. The first kappa shape index (κ1) is 12.7. The Kier molecular flexibility index (Phi) is 2.39. The van der Waals surface area contributed by atoms with Crippen LogP contribution in [0.15, 0.2) is 24.3 Å². The fourth-order valence-electron chi connectivity index (χ4n) is 0.995. The predicted molar refractivity (Wildman–Crippen MR) is 44.7 cm³/mol. The topological polar surface area (TPSA) is 0 Å². The van der Waals surface area contributed by atoms with Crippen molar-refractivity contribution in [3.63, 3.8) is 0 Å². The van der Waals surface area contributed by atoms with Crippen molar-refractivity contribution in [2.75, 3.05) is 0 Å². The first-order valence-corrected chi connectivity index (χ1v) is 9.74. The molecule has 0 atom stereocenters. The van der Waals surface area contributed by atoms with Crippen molar-refractivity contribution >= 4 is 0 Å². The van der Waals surface area contributed by atoms with Crippen LogP contribution in [0.3, 0.4) is 0 Å². The van der Waals surface area contributed by atoms with Gasteiger partial charge in [0, 0.05) is 0 Å².